The van der Waals surface area contributed by atoms with E-state index in [2.05, 4.69) is 0 Å². The molecular weight excluding hydrogens is 268 g/mol. The van der Waals surface area contributed by atoms with Crippen LogP contribution >= 0.6 is 0 Å². The summed E-state index contributed by atoms with van der Waals surface area (Å²) in [6.45, 7) is 0.476. The molecule has 2 rings (SSSR count). The van der Waals surface area contributed by atoms with E-state index in [-0.39, 0.29) is 5.56 Å². The molecule has 0 spiro atoms. The zero-order chi connectivity index (χ0) is 15.1. The summed E-state index contributed by atoms with van der Waals surface area (Å²) in [5, 5.41) is 30.9. The van der Waals surface area contributed by atoms with E-state index in [0.29, 0.717) is 0 Å². The van der Waals surface area contributed by atoms with Gasteiger partial charge in [0, 0.05) is 11.8 Å². The first-order valence-corrected chi connectivity index (χ1v) is 5.78. The van der Waals surface area contributed by atoms with Crippen LogP contribution in [0, 0.1) is 19.3 Å². The van der Waals surface area contributed by atoms with Crippen LogP contribution in [-0.4, -0.2) is 44.2 Å². The summed E-state index contributed by atoms with van der Waals surface area (Å²) in [5.74, 6) is 2.02. The van der Waals surface area contributed by atoms with Crippen molar-refractivity contribution in [1.29, 1.82) is 0 Å². The van der Waals surface area contributed by atoms with Crippen LogP contribution in [0.25, 0.3) is 0 Å². The summed E-state index contributed by atoms with van der Waals surface area (Å²) < 4.78 is 6.11. The first-order chi connectivity index (χ1) is 9.36. The number of aromatic amines is 1. The molecule has 0 amide bonds. The van der Waals surface area contributed by atoms with E-state index in [0.717, 1.165) is 4.57 Å². The number of aliphatic hydroxyl groups is 2. The van der Waals surface area contributed by atoms with Gasteiger partial charge in [0.05, 0.1) is 0 Å². The van der Waals surface area contributed by atoms with Crippen LogP contribution in [0.2, 0.25) is 0 Å². The van der Waals surface area contributed by atoms with Gasteiger partial charge in [-0.05, 0) is 6.92 Å². The number of terminal acetylenes is 1. The third kappa shape index (κ3) is 1.97. The molecule has 1 saturated heterocycles. The summed E-state index contributed by atoms with van der Waals surface area (Å²) in [5.41, 5.74) is -3.12. The molecule has 3 N–H and O–H groups in total. The zero-order valence-electron chi connectivity index (χ0n) is 10.6. The van der Waals surface area contributed by atoms with E-state index in [1.165, 1.54) is 13.1 Å². The second kappa shape index (κ2) is 4.88. The Morgan fingerprint density at radius 3 is 2.70 bits per heavy atom. The molecule has 0 saturated carbocycles. The maximum Gasteiger partial charge on any atom is 0.330 e. The highest BCUT2D eigenvalue weighted by molar-refractivity contribution is 5.18. The van der Waals surface area contributed by atoms with Gasteiger partial charge in [0.2, 0.25) is 0 Å². The molecule has 20 heavy (non-hydrogen) atoms. The van der Waals surface area contributed by atoms with Crippen LogP contribution in [0.4, 0.5) is 0 Å². The third-order valence-corrected chi connectivity index (χ3v) is 3.30. The van der Waals surface area contributed by atoms with Crippen molar-refractivity contribution in [3.05, 3.63) is 32.6 Å². The van der Waals surface area contributed by atoms with E-state index in [1.807, 2.05) is 10.9 Å². The lowest BCUT2D eigenvalue weighted by molar-refractivity contribution is -0.106. The van der Waals surface area contributed by atoms with Crippen molar-refractivity contribution in [2.45, 2.75) is 31.0 Å². The lowest BCUT2D eigenvalue weighted by Crippen LogP contribution is -2.44. The molecule has 8 heteroatoms. The van der Waals surface area contributed by atoms with Gasteiger partial charge in [0.1, 0.15) is 18.8 Å². The second-order valence-electron chi connectivity index (χ2n) is 4.60. The van der Waals surface area contributed by atoms with Crippen molar-refractivity contribution in [2.24, 2.45) is 0 Å². The van der Waals surface area contributed by atoms with Gasteiger partial charge in [0.25, 0.3) is 5.56 Å². The van der Waals surface area contributed by atoms with E-state index < -0.39 is 41.9 Å². The molecule has 2 heterocycles. The molecule has 8 nitrogen and oxygen atoms in total. The number of ether oxygens (including phenoxy) is 1. The van der Waals surface area contributed by atoms with Gasteiger partial charge in [-0.3, -0.25) is 14.3 Å². The Bertz CT molecular complexity index is 672. The SMILES string of the molecule is C#C[C@]1(C[O])O[C@@H](n2cc(C)c(=O)[nH]c2=O)[C@H](O)[C@@H]1O. The Labute approximate surface area is 113 Å². The average Bonchev–Trinajstić information content (AvgIpc) is 2.68. The van der Waals surface area contributed by atoms with E-state index >= 15 is 0 Å². The fourth-order valence-corrected chi connectivity index (χ4v) is 2.06. The lowest BCUT2D eigenvalue weighted by atomic mass is 9.97. The highest BCUT2D eigenvalue weighted by atomic mass is 16.6. The number of aromatic nitrogens is 2. The minimum Gasteiger partial charge on any atom is -0.386 e. The van der Waals surface area contributed by atoms with Crippen molar-refractivity contribution in [1.82, 2.24) is 9.55 Å². The van der Waals surface area contributed by atoms with Crippen LogP contribution < -0.4 is 11.2 Å². The van der Waals surface area contributed by atoms with Crippen LogP contribution in [0.1, 0.15) is 11.8 Å². The first-order valence-electron chi connectivity index (χ1n) is 5.78. The molecular formula is C12H13N2O6. The van der Waals surface area contributed by atoms with Gasteiger partial charge in [-0.25, -0.2) is 9.90 Å². The Kier molecular flexibility index (Phi) is 3.54. The predicted molar refractivity (Wildman–Crippen MR) is 65.3 cm³/mol. The van der Waals surface area contributed by atoms with Gasteiger partial charge in [-0.1, -0.05) is 5.92 Å². The van der Waals surface area contributed by atoms with E-state index in [4.69, 9.17) is 11.2 Å². The summed E-state index contributed by atoms with van der Waals surface area (Å²) >= 11 is 0. The lowest BCUT2D eigenvalue weighted by Gasteiger charge is -2.22. The van der Waals surface area contributed by atoms with Crippen molar-refractivity contribution >= 4 is 0 Å². The molecule has 1 aliphatic rings. The number of aryl methyl sites for hydroxylation is 1. The Morgan fingerprint density at radius 2 is 2.20 bits per heavy atom. The zero-order valence-corrected chi connectivity index (χ0v) is 10.6. The molecule has 1 aromatic heterocycles. The number of aliphatic hydroxyl groups excluding tert-OH is 2. The van der Waals surface area contributed by atoms with Gasteiger partial charge in [0.15, 0.2) is 11.8 Å². The molecule has 0 unspecified atom stereocenters. The van der Waals surface area contributed by atoms with Crippen molar-refractivity contribution in [2.75, 3.05) is 6.61 Å². The molecule has 0 bridgehead atoms. The van der Waals surface area contributed by atoms with E-state index in [9.17, 15) is 24.9 Å². The van der Waals surface area contributed by atoms with Crippen LogP contribution in [-0.2, 0) is 9.84 Å². The highest BCUT2D eigenvalue weighted by Crippen LogP contribution is 2.35. The number of nitrogens with one attached hydrogen (secondary N) is 1. The standard InChI is InChI=1S/C12H13N2O6/c1-3-12(5-15)8(17)7(16)10(20-12)14-4-6(2)9(18)13-11(14)19/h1,4,7-8,10,16-17H,5H2,2H3,(H,13,18,19)/t7-,8+,10-,12-/m1/s1. The monoisotopic (exact) mass is 281 g/mol. The molecule has 107 valence electrons. The molecule has 1 radical (unpaired) electrons. The highest BCUT2D eigenvalue weighted by Gasteiger charge is 2.54. The van der Waals surface area contributed by atoms with Crippen molar-refractivity contribution < 1.29 is 20.1 Å². The fraction of sp³-hybridized carbons (Fsp3) is 0.500. The Hall–Kier alpha value is -1.92. The number of hydrogen-bond acceptors (Lipinski definition) is 5. The molecule has 1 aliphatic heterocycles. The maximum absolute atomic E-state index is 11.7. The number of rotatable bonds is 2. The molecule has 0 aliphatic carbocycles. The Balaban J connectivity index is 2.51. The number of nitrogens with zero attached hydrogens (tertiary/aromatic N) is 1. The smallest absolute Gasteiger partial charge is 0.330 e. The van der Waals surface area contributed by atoms with Crippen LogP contribution in [0.15, 0.2) is 15.8 Å². The summed E-state index contributed by atoms with van der Waals surface area (Å²) in [7, 11) is 0. The van der Waals surface area contributed by atoms with Crippen LogP contribution in [0.3, 0.4) is 0 Å². The minimum atomic E-state index is -1.91. The number of H-pyrrole nitrogens is 1. The largest absolute Gasteiger partial charge is 0.386 e. The van der Waals surface area contributed by atoms with Gasteiger partial charge < -0.3 is 14.9 Å². The predicted octanol–water partition coefficient (Wildman–Crippen LogP) is -2.10. The quantitative estimate of drug-likeness (QED) is 0.535. The van der Waals surface area contributed by atoms with Gasteiger partial charge in [-0.15, -0.1) is 6.42 Å². The topological polar surface area (TPSA) is 124 Å². The minimum absolute atomic E-state index is 0.204. The third-order valence-electron chi connectivity index (χ3n) is 3.30. The Morgan fingerprint density at radius 1 is 1.55 bits per heavy atom. The fourth-order valence-electron chi connectivity index (χ4n) is 2.06. The summed E-state index contributed by atoms with van der Waals surface area (Å²) in [4.78, 5) is 25.0. The first kappa shape index (κ1) is 14.5. The second-order valence-corrected chi connectivity index (χ2v) is 4.60. The maximum atomic E-state index is 11.7. The van der Waals surface area contributed by atoms with Gasteiger partial charge >= 0.3 is 5.69 Å². The molecule has 1 aromatic rings. The molecule has 4 atom stereocenters. The average molecular weight is 281 g/mol. The normalized spacial score (nSPS) is 33.0. The molecule has 1 fully saturated rings. The van der Waals surface area contributed by atoms with Gasteiger partial charge in [-0.2, -0.15) is 0 Å². The van der Waals surface area contributed by atoms with Crippen molar-refractivity contribution in [3.8, 4) is 12.3 Å². The van der Waals surface area contributed by atoms with Crippen LogP contribution in [0.5, 0.6) is 0 Å². The van der Waals surface area contributed by atoms with E-state index in [1.54, 1.807) is 0 Å². The summed E-state index contributed by atoms with van der Waals surface area (Å²) in [6, 6.07) is 0. The summed E-state index contributed by atoms with van der Waals surface area (Å²) in [6.07, 6.45) is 1.79. The number of hydrogen-bond donors (Lipinski definition) is 3. The van der Waals surface area contributed by atoms with Crippen molar-refractivity contribution in [3.63, 3.8) is 0 Å². The molecule has 0 aromatic carbocycles.